The van der Waals surface area contributed by atoms with E-state index in [1.165, 1.54) is 6.07 Å². The van der Waals surface area contributed by atoms with Gasteiger partial charge in [0.15, 0.2) is 11.6 Å². The lowest BCUT2D eigenvalue weighted by Crippen LogP contribution is -2.44. The zero-order valence-corrected chi connectivity index (χ0v) is 10.6. The van der Waals surface area contributed by atoms with Crippen molar-refractivity contribution in [3.8, 4) is 0 Å². The summed E-state index contributed by atoms with van der Waals surface area (Å²) in [5.74, 6) is -3.98. The maximum Gasteiger partial charge on any atom is 0.326 e. The first-order valence-electron chi connectivity index (χ1n) is 5.77. The predicted octanol–water partition coefficient (Wildman–Crippen LogP) is 1.73. The van der Waals surface area contributed by atoms with Crippen molar-refractivity contribution in [2.24, 2.45) is 5.92 Å². The zero-order valence-electron chi connectivity index (χ0n) is 10.6. The SMILES string of the molecule is CC(C)[C@@H](NC(=O)Cc1ccc(F)c(F)c1)C(=O)O. The maximum atomic E-state index is 12.9. The van der Waals surface area contributed by atoms with Crippen LogP contribution in [0, 0.1) is 17.6 Å². The van der Waals surface area contributed by atoms with E-state index in [1.54, 1.807) is 13.8 Å². The molecule has 1 aromatic rings. The molecular weight excluding hydrogens is 256 g/mol. The van der Waals surface area contributed by atoms with Gasteiger partial charge in [-0.2, -0.15) is 0 Å². The van der Waals surface area contributed by atoms with Gasteiger partial charge in [0, 0.05) is 0 Å². The number of carbonyl (C=O) groups is 2. The van der Waals surface area contributed by atoms with Gasteiger partial charge in [-0.1, -0.05) is 19.9 Å². The first-order valence-corrected chi connectivity index (χ1v) is 5.77. The summed E-state index contributed by atoms with van der Waals surface area (Å²) in [6.07, 6.45) is -0.201. The van der Waals surface area contributed by atoms with Crippen molar-refractivity contribution in [3.63, 3.8) is 0 Å². The highest BCUT2D eigenvalue weighted by Gasteiger charge is 2.23. The van der Waals surface area contributed by atoms with Crippen LogP contribution in [0.3, 0.4) is 0 Å². The van der Waals surface area contributed by atoms with E-state index in [-0.39, 0.29) is 17.9 Å². The van der Waals surface area contributed by atoms with Gasteiger partial charge < -0.3 is 10.4 Å². The van der Waals surface area contributed by atoms with Crippen LogP contribution in [0.25, 0.3) is 0 Å². The third-order valence-corrected chi connectivity index (χ3v) is 2.60. The summed E-state index contributed by atoms with van der Waals surface area (Å²) in [4.78, 5) is 22.5. The summed E-state index contributed by atoms with van der Waals surface area (Å²) in [7, 11) is 0. The summed E-state index contributed by atoms with van der Waals surface area (Å²) in [5.41, 5.74) is 0.282. The Kier molecular flexibility index (Phi) is 4.97. The topological polar surface area (TPSA) is 66.4 Å². The molecule has 0 aromatic heterocycles. The Bertz CT molecular complexity index is 489. The number of aliphatic carboxylic acids is 1. The highest BCUT2D eigenvalue weighted by Crippen LogP contribution is 2.10. The maximum absolute atomic E-state index is 12.9. The molecular formula is C13H15F2NO3. The Balaban J connectivity index is 2.69. The molecule has 1 rings (SSSR count). The van der Waals surface area contributed by atoms with Crippen LogP contribution in [0.5, 0.6) is 0 Å². The van der Waals surface area contributed by atoms with Crippen LogP contribution < -0.4 is 5.32 Å². The highest BCUT2D eigenvalue weighted by atomic mass is 19.2. The molecule has 1 amide bonds. The molecule has 0 aliphatic heterocycles. The molecule has 0 fully saturated rings. The van der Waals surface area contributed by atoms with Gasteiger partial charge in [0.2, 0.25) is 5.91 Å². The minimum Gasteiger partial charge on any atom is -0.480 e. The number of amides is 1. The number of carbonyl (C=O) groups excluding carboxylic acids is 1. The van der Waals surface area contributed by atoms with Gasteiger partial charge in [-0.05, 0) is 23.6 Å². The third-order valence-electron chi connectivity index (χ3n) is 2.60. The van der Waals surface area contributed by atoms with E-state index in [2.05, 4.69) is 5.32 Å². The highest BCUT2D eigenvalue weighted by molar-refractivity contribution is 5.85. The number of hydrogen-bond donors (Lipinski definition) is 2. The summed E-state index contributed by atoms with van der Waals surface area (Å²) in [6, 6.07) is 2.12. The molecule has 2 N–H and O–H groups in total. The Morgan fingerprint density at radius 1 is 1.26 bits per heavy atom. The second-order valence-electron chi connectivity index (χ2n) is 4.55. The van der Waals surface area contributed by atoms with Crippen molar-refractivity contribution in [2.75, 3.05) is 0 Å². The molecule has 0 aliphatic rings. The van der Waals surface area contributed by atoms with E-state index in [4.69, 9.17) is 5.11 Å². The first kappa shape index (κ1) is 15.1. The normalized spacial score (nSPS) is 12.3. The minimum absolute atomic E-state index is 0.201. The average molecular weight is 271 g/mol. The fourth-order valence-corrected chi connectivity index (χ4v) is 1.57. The van der Waals surface area contributed by atoms with E-state index in [9.17, 15) is 18.4 Å². The van der Waals surface area contributed by atoms with Crippen LogP contribution >= 0.6 is 0 Å². The Hall–Kier alpha value is -1.98. The second kappa shape index (κ2) is 6.26. The van der Waals surface area contributed by atoms with Gasteiger partial charge in [-0.15, -0.1) is 0 Å². The van der Waals surface area contributed by atoms with Gasteiger partial charge in [-0.25, -0.2) is 13.6 Å². The number of carboxylic acids is 1. The van der Waals surface area contributed by atoms with Crippen LogP contribution in [0.4, 0.5) is 8.78 Å². The van der Waals surface area contributed by atoms with Crippen LogP contribution in [-0.2, 0) is 16.0 Å². The summed E-state index contributed by atoms with van der Waals surface area (Å²) in [6.45, 7) is 3.33. The molecule has 19 heavy (non-hydrogen) atoms. The molecule has 6 heteroatoms. The molecule has 0 saturated heterocycles. The predicted molar refractivity (Wildman–Crippen MR) is 64.5 cm³/mol. The molecule has 0 heterocycles. The quantitative estimate of drug-likeness (QED) is 0.857. The second-order valence-corrected chi connectivity index (χ2v) is 4.55. The monoisotopic (exact) mass is 271 g/mol. The molecule has 1 aromatic carbocycles. The molecule has 0 bridgehead atoms. The molecule has 0 unspecified atom stereocenters. The van der Waals surface area contributed by atoms with Gasteiger partial charge in [0.25, 0.3) is 0 Å². The lowest BCUT2D eigenvalue weighted by Gasteiger charge is -2.17. The molecule has 0 aliphatic carbocycles. The molecule has 104 valence electrons. The molecule has 0 spiro atoms. The van der Waals surface area contributed by atoms with Crippen molar-refractivity contribution in [1.29, 1.82) is 0 Å². The minimum atomic E-state index is -1.13. The van der Waals surface area contributed by atoms with Crippen molar-refractivity contribution >= 4 is 11.9 Å². The van der Waals surface area contributed by atoms with E-state index in [0.29, 0.717) is 0 Å². The number of benzene rings is 1. The average Bonchev–Trinajstić information content (AvgIpc) is 2.30. The number of rotatable bonds is 5. The van der Waals surface area contributed by atoms with Crippen molar-refractivity contribution in [2.45, 2.75) is 26.3 Å². The Labute approximate surface area is 109 Å². The van der Waals surface area contributed by atoms with Crippen LogP contribution in [0.15, 0.2) is 18.2 Å². The van der Waals surface area contributed by atoms with Gasteiger partial charge in [0.05, 0.1) is 6.42 Å². The van der Waals surface area contributed by atoms with Crippen molar-refractivity contribution in [3.05, 3.63) is 35.4 Å². The first-order chi connectivity index (χ1) is 8.81. The third kappa shape index (κ3) is 4.31. The summed E-state index contributed by atoms with van der Waals surface area (Å²) >= 11 is 0. The standard InChI is InChI=1S/C13H15F2NO3/c1-7(2)12(13(18)19)16-11(17)6-8-3-4-9(14)10(15)5-8/h3-5,7,12H,6H2,1-2H3,(H,16,17)(H,18,19)/t12-/m1/s1. The van der Waals surface area contributed by atoms with Crippen LogP contribution in [-0.4, -0.2) is 23.0 Å². The summed E-state index contributed by atoms with van der Waals surface area (Å²) in [5, 5.41) is 11.3. The molecule has 0 radical (unpaired) electrons. The van der Waals surface area contributed by atoms with E-state index in [0.717, 1.165) is 12.1 Å². The molecule has 0 saturated carbocycles. The van der Waals surface area contributed by atoms with Crippen LogP contribution in [0.1, 0.15) is 19.4 Å². The fourth-order valence-electron chi connectivity index (χ4n) is 1.57. The van der Waals surface area contributed by atoms with Crippen molar-refractivity contribution < 1.29 is 23.5 Å². The van der Waals surface area contributed by atoms with E-state index < -0.39 is 29.6 Å². The smallest absolute Gasteiger partial charge is 0.326 e. The van der Waals surface area contributed by atoms with Gasteiger partial charge in [0.1, 0.15) is 6.04 Å². The lowest BCUT2D eigenvalue weighted by atomic mass is 10.0. The van der Waals surface area contributed by atoms with Gasteiger partial charge in [-0.3, -0.25) is 4.79 Å². The lowest BCUT2D eigenvalue weighted by molar-refractivity contribution is -0.143. The fraction of sp³-hybridized carbons (Fsp3) is 0.385. The Morgan fingerprint density at radius 2 is 1.89 bits per heavy atom. The molecule has 1 atom stereocenters. The number of carboxylic acid groups (broad SMARTS) is 1. The molecule has 4 nitrogen and oxygen atoms in total. The largest absolute Gasteiger partial charge is 0.480 e. The van der Waals surface area contributed by atoms with Gasteiger partial charge >= 0.3 is 5.97 Å². The van der Waals surface area contributed by atoms with E-state index >= 15 is 0 Å². The Morgan fingerprint density at radius 3 is 2.37 bits per heavy atom. The zero-order chi connectivity index (χ0) is 14.6. The summed E-state index contributed by atoms with van der Waals surface area (Å²) < 4.78 is 25.7. The van der Waals surface area contributed by atoms with E-state index in [1.807, 2.05) is 0 Å². The van der Waals surface area contributed by atoms with Crippen molar-refractivity contribution in [1.82, 2.24) is 5.32 Å². The number of hydrogen-bond acceptors (Lipinski definition) is 2. The van der Waals surface area contributed by atoms with Crippen LogP contribution in [0.2, 0.25) is 0 Å². The number of halogens is 2. The number of nitrogens with one attached hydrogen (secondary N) is 1.